The minimum atomic E-state index is -0.458. The smallest absolute Gasteiger partial charge is 0.269 e. The van der Waals surface area contributed by atoms with Gasteiger partial charge in [-0.3, -0.25) is 9.59 Å². The van der Waals surface area contributed by atoms with E-state index in [0.29, 0.717) is 22.8 Å². The molecule has 1 N–H and O–H groups in total. The Morgan fingerprint density at radius 2 is 2.09 bits per heavy atom. The molecule has 1 heterocycles. The maximum Gasteiger partial charge on any atom is 0.269 e. The number of nitrogens with one attached hydrogen (secondary N) is 1. The third-order valence-corrected chi connectivity index (χ3v) is 4.46. The Kier molecular flexibility index (Phi) is 5.35. The second-order valence-corrected chi connectivity index (χ2v) is 6.13. The van der Waals surface area contributed by atoms with Crippen LogP contribution in [0.2, 0.25) is 0 Å². The van der Waals surface area contributed by atoms with Crippen molar-refractivity contribution in [1.82, 2.24) is 9.97 Å². The first kappa shape index (κ1) is 17.0. The lowest BCUT2D eigenvalue weighted by molar-refractivity contribution is 0.102. The van der Waals surface area contributed by atoms with Crippen LogP contribution >= 0.6 is 11.8 Å². The molecule has 23 heavy (non-hydrogen) atoms. The number of benzene rings is 1. The van der Waals surface area contributed by atoms with Crippen LogP contribution in [0.4, 0.5) is 0 Å². The van der Waals surface area contributed by atoms with E-state index in [4.69, 9.17) is 5.26 Å². The van der Waals surface area contributed by atoms with Crippen molar-refractivity contribution >= 4 is 17.5 Å². The number of carbonyl (C=O) groups excluding carboxylic acids is 1. The zero-order chi connectivity index (χ0) is 17.0. The molecule has 0 spiro atoms. The summed E-state index contributed by atoms with van der Waals surface area (Å²) in [4.78, 5) is 30.9. The van der Waals surface area contributed by atoms with Gasteiger partial charge in [0.05, 0.1) is 11.4 Å². The molecule has 1 aromatic heterocycles. The molecule has 0 atom stereocenters. The molecule has 2 rings (SSSR count). The van der Waals surface area contributed by atoms with E-state index in [1.54, 1.807) is 6.07 Å². The number of aromatic nitrogens is 2. The van der Waals surface area contributed by atoms with Crippen molar-refractivity contribution in [2.75, 3.05) is 5.75 Å². The molecular formula is C17H17N3O2S. The summed E-state index contributed by atoms with van der Waals surface area (Å²) in [5.41, 5.74) is 2.89. The van der Waals surface area contributed by atoms with Gasteiger partial charge in [-0.25, -0.2) is 4.98 Å². The van der Waals surface area contributed by atoms with E-state index in [2.05, 4.69) is 9.97 Å². The second kappa shape index (κ2) is 7.25. The quantitative estimate of drug-likeness (QED) is 0.518. The molecule has 2 aromatic rings. The summed E-state index contributed by atoms with van der Waals surface area (Å²) in [7, 11) is 0. The number of ketones is 1. The van der Waals surface area contributed by atoms with Gasteiger partial charge in [0.15, 0.2) is 10.9 Å². The summed E-state index contributed by atoms with van der Waals surface area (Å²) in [6, 6.07) is 7.45. The van der Waals surface area contributed by atoms with Crippen molar-refractivity contribution in [1.29, 1.82) is 5.26 Å². The summed E-state index contributed by atoms with van der Waals surface area (Å²) in [5.74, 6) is 0.156. The molecular weight excluding hydrogens is 310 g/mol. The fourth-order valence-corrected chi connectivity index (χ4v) is 2.84. The summed E-state index contributed by atoms with van der Waals surface area (Å²) in [6.45, 7) is 5.79. The Hall–Kier alpha value is -2.39. The van der Waals surface area contributed by atoms with E-state index in [0.717, 1.165) is 11.1 Å². The molecule has 0 aliphatic heterocycles. The molecule has 0 amide bonds. The molecule has 5 nitrogen and oxygen atoms in total. The van der Waals surface area contributed by atoms with E-state index in [1.807, 2.05) is 39.0 Å². The van der Waals surface area contributed by atoms with E-state index < -0.39 is 5.56 Å². The maximum atomic E-state index is 12.3. The van der Waals surface area contributed by atoms with Crippen molar-refractivity contribution in [2.45, 2.75) is 32.3 Å². The second-order valence-electron chi connectivity index (χ2n) is 5.17. The molecule has 1 aromatic carbocycles. The number of nitrogens with zero attached hydrogens (tertiary/aromatic N) is 2. The predicted octanol–water partition coefficient (Wildman–Crippen LogP) is 2.80. The van der Waals surface area contributed by atoms with Crippen LogP contribution in [0.15, 0.2) is 28.2 Å². The van der Waals surface area contributed by atoms with Crippen LogP contribution in [-0.2, 0) is 6.42 Å². The Balaban J connectivity index is 2.16. The highest BCUT2D eigenvalue weighted by Crippen LogP contribution is 2.17. The minimum Gasteiger partial charge on any atom is -0.300 e. The first-order valence-corrected chi connectivity index (χ1v) is 8.21. The summed E-state index contributed by atoms with van der Waals surface area (Å²) < 4.78 is 0. The fraction of sp³-hybridized carbons (Fsp3) is 0.294. The highest BCUT2D eigenvalue weighted by atomic mass is 32.2. The van der Waals surface area contributed by atoms with Gasteiger partial charge in [-0.2, -0.15) is 5.26 Å². The number of nitriles is 1. The van der Waals surface area contributed by atoms with Gasteiger partial charge in [0.25, 0.3) is 5.56 Å². The molecule has 118 valence electrons. The van der Waals surface area contributed by atoms with Gasteiger partial charge in [0.1, 0.15) is 11.6 Å². The van der Waals surface area contributed by atoms with Gasteiger partial charge in [0.2, 0.25) is 0 Å². The number of Topliss-reactive ketones (excluding diaryl/α,β-unsaturated/α-hetero) is 1. The van der Waals surface area contributed by atoms with Crippen molar-refractivity contribution in [3.8, 4) is 6.07 Å². The van der Waals surface area contributed by atoms with Crippen LogP contribution in [0.25, 0.3) is 0 Å². The van der Waals surface area contributed by atoms with E-state index >= 15 is 0 Å². The number of carbonyl (C=O) groups is 1. The Labute approximate surface area is 138 Å². The molecule has 0 unspecified atom stereocenters. The van der Waals surface area contributed by atoms with E-state index in [1.165, 1.54) is 11.8 Å². The molecule has 0 bridgehead atoms. The molecule has 0 fully saturated rings. The first-order chi connectivity index (χ1) is 11.0. The minimum absolute atomic E-state index is 0.0249. The van der Waals surface area contributed by atoms with Gasteiger partial charge >= 0.3 is 0 Å². The monoisotopic (exact) mass is 327 g/mol. The number of hydrogen-bond donors (Lipinski definition) is 1. The standard InChI is InChI=1S/C17H17N3O2S/c1-4-14-13(8-18)16(22)20-17(19-14)23-9-15(21)12-6-5-10(2)11(3)7-12/h5-7H,4,9H2,1-3H3,(H,19,20,22). The third kappa shape index (κ3) is 3.88. The SMILES string of the molecule is CCc1nc(SCC(=O)c2ccc(C)c(C)c2)[nH]c(=O)c1C#N. The molecule has 6 heteroatoms. The summed E-state index contributed by atoms with van der Waals surface area (Å²) in [6.07, 6.45) is 0.492. The highest BCUT2D eigenvalue weighted by Gasteiger charge is 2.12. The molecule has 0 saturated heterocycles. The zero-order valence-electron chi connectivity index (χ0n) is 13.3. The summed E-state index contributed by atoms with van der Waals surface area (Å²) in [5, 5.41) is 9.33. The Bertz CT molecular complexity index is 850. The van der Waals surface area contributed by atoms with Crippen molar-refractivity contribution < 1.29 is 4.79 Å². The van der Waals surface area contributed by atoms with Crippen molar-refractivity contribution in [3.63, 3.8) is 0 Å². The normalized spacial score (nSPS) is 10.3. The first-order valence-electron chi connectivity index (χ1n) is 7.22. The average molecular weight is 327 g/mol. The predicted molar refractivity (Wildman–Crippen MR) is 89.9 cm³/mol. The molecule has 0 aliphatic carbocycles. The Morgan fingerprint density at radius 3 is 2.70 bits per heavy atom. The van der Waals surface area contributed by atoms with Crippen LogP contribution in [0.3, 0.4) is 0 Å². The van der Waals surface area contributed by atoms with Crippen LogP contribution in [0, 0.1) is 25.2 Å². The lowest BCUT2D eigenvalue weighted by Crippen LogP contribution is -2.16. The van der Waals surface area contributed by atoms with Crippen LogP contribution in [0.5, 0.6) is 0 Å². The van der Waals surface area contributed by atoms with Gasteiger partial charge in [-0.1, -0.05) is 30.8 Å². The number of aryl methyl sites for hydroxylation is 3. The van der Waals surface area contributed by atoms with Crippen molar-refractivity contribution in [3.05, 3.63) is 56.5 Å². The van der Waals surface area contributed by atoms with E-state index in [-0.39, 0.29) is 17.1 Å². The fourth-order valence-electron chi connectivity index (χ4n) is 2.07. The topological polar surface area (TPSA) is 86.6 Å². The number of rotatable bonds is 5. The molecule has 0 saturated carbocycles. The van der Waals surface area contributed by atoms with Gasteiger partial charge in [-0.05, 0) is 37.5 Å². The van der Waals surface area contributed by atoms with E-state index in [9.17, 15) is 9.59 Å². The van der Waals surface area contributed by atoms with Gasteiger partial charge < -0.3 is 4.98 Å². The molecule has 0 radical (unpaired) electrons. The van der Waals surface area contributed by atoms with Gasteiger partial charge in [-0.15, -0.1) is 0 Å². The zero-order valence-corrected chi connectivity index (χ0v) is 14.1. The number of aromatic amines is 1. The number of thioether (sulfide) groups is 1. The number of H-pyrrole nitrogens is 1. The lowest BCUT2D eigenvalue weighted by Gasteiger charge is -2.06. The van der Waals surface area contributed by atoms with Crippen LogP contribution in [-0.4, -0.2) is 21.5 Å². The van der Waals surface area contributed by atoms with Crippen LogP contribution in [0.1, 0.15) is 39.7 Å². The maximum absolute atomic E-state index is 12.3. The largest absolute Gasteiger partial charge is 0.300 e. The average Bonchev–Trinajstić information content (AvgIpc) is 2.54. The Morgan fingerprint density at radius 1 is 1.35 bits per heavy atom. The third-order valence-electron chi connectivity index (χ3n) is 3.59. The lowest BCUT2D eigenvalue weighted by atomic mass is 10.0. The highest BCUT2D eigenvalue weighted by molar-refractivity contribution is 7.99. The molecule has 0 aliphatic rings. The van der Waals surface area contributed by atoms with Crippen LogP contribution < -0.4 is 5.56 Å². The van der Waals surface area contributed by atoms with Crippen molar-refractivity contribution in [2.24, 2.45) is 0 Å². The number of hydrogen-bond acceptors (Lipinski definition) is 5. The summed E-state index contributed by atoms with van der Waals surface area (Å²) >= 11 is 1.17. The van der Waals surface area contributed by atoms with Gasteiger partial charge in [0, 0.05) is 5.56 Å².